The number of likely N-dealkylation sites (N-methyl/N-ethyl adjacent to an activating group) is 1. The van der Waals surface area contributed by atoms with Crippen LogP contribution in [0.2, 0.25) is 0 Å². The highest BCUT2D eigenvalue weighted by Gasteiger charge is 2.31. The number of aromatic nitrogens is 2. The van der Waals surface area contributed by atoms with E-state index in [1.54, 1.807) is 0 Å². The van der Waals surface area contributed by atoms with Crippen molar-refractivity contribution in [1.82, 2.24) is 19.6 Å². The van der Waals surface area contributed by atoms with E-state index in [9.17, 15) is 4.79 Å². The van der Waals surface area contributed by atoms with Crippen LogP contribution in [0, 0.1) is 0 Å². The SMILES string of the molecule is CCCCN(C)C1CCc2c(c(C(=O)N3CCCCC3)nn2C)C1. The number of hydrogen-bond acceptors (Lipinski definition) is 3. The maximum absolute atomic E-state index is 13.0. The third-order valence-corrected chi connectivity index (χ3v) is 5.76. The Morgan fingerprint density at radius 3 is 2.75 bits per heavy atom. The van der Waals surface area contributed by atoms with E-state index in [4.69, 9.17) is 0 Å². The first-order chi connectivity index (χ1) is 11.6. The van der Waals surface area contributed by atoms with Crippen molar-refractivity contribution in [1.29, 1.82) is 0 Å². The first-order valence-electron chi connectivity index (χ1n) is 9.66. The third-order valence-electron chi connectivity index (χ3n) is 5.76. The Bertz CT molecular complexity index is 574. The molecule has 1 aliphatic heterocycles. The molecule has 0 radical (unpaired) electrons. The molecule has 5 heteroatoms. The maximum Gasteiger partial charge on any atom is 0.274 e. The van der Waals surface area contributed by atoms with Gasteiger partial charge in [0.25, 0.3) is 5.91 Å². The van der Waals surface area contributed by atoms with Crippen molar-refractivity contribution in [2.45, 2.75) is 64.3 Å². The monoisotopic (exact) mass is 332 g/mol. The fourth-order valence-electron chi connectivity index (χ4n) is 4.16. The number of fused-ring (bicyclic) bond motifs is 1. The van der Waals surface area contributed by atoms with E-state index in [-0.39, 0.29) is 5.91 Å². The van der Waals surface area contributed by atoms with Crippen LogP contribution >= 0.6 is 0 Å². The molecule has 1 aliphatic carbocycles. The van der Waals surface area contributed by atoms with Gasteiger partial charge < -0.3 is 9.80 Å². The zero-order valence-corrected chi connectivity index (χ0v) is 15.6. The second kappa shape index (κ2) is 7.68. The summed E-state index contributed by atoms with van der Waals surface area (Å²) in [4.78, 5) is 17.5. The molecule has 1 saturated heterocycles. The first-order valence-corrected chi connectivity index (χ1v) is 9.66. The molecule has 0 saturated carbocycles. The standard InChI is InChI=1S/C19H32N4O/c1-4-5-11-21(2)15-9-10-17-16(14-15)18(20-22(17)3)19(24)23-12-7-6-8-13-23/h15H,4-14H2,1-3H3. The Morgan fingerprint density at radius 2 is 2.04 bits per heavy atom. The molecule has 0 N–H and O–H groups in total. The molecule has 0 bridgehead atoms. The summed E-state index contributed by atoms with van der Waals surface area (Å²) >= 11 is 0. The molecular formula is C19H32N4O. The molecular weight excluding hydrogens is 300 g/mol. The van der Waals surface area contributed by atoms with Gasteiger partial charge in [0.15, 0.2) is 5.69 Å². The van der Waals surface area contributed by atoms with Crippen LogP contribution in [0.5, 0.6) is 0 Å². The van der Waals surface area contributed by atoms with Crippen molar-refractivity contribution in [3.05, 3.63) is 17.0 Å². The normalized spacial score (nSPS) is 21.2. The number of rotatable bonds is 5. The zero-order chi connectivity index (χ0) is 17.1. The molecule has 2 aliphatic rings. The Hall–Kier alpha value is -1.36. The van der Waals surface area contributed by atoms with E-state index in [1.165, 1.54) is 36.9 Å². The van der Waals surface area contributed by atoms with Gasteiger partial charge in [0, 0.05) is 37.4 Å². The van der Waals surface area contributed by atoms with Gasteiger partial charge in [-0.1, -0.05) is 13.3 Å². The van der Waals surface area contributed by atoms with Crippen LogP contribution < -0.4 is 0 Å². The van der Waals surface area contributed by atoms with Gasteiger partial charge in [0.05, 0.1) is 0 Å². The highest BCUT2D eigenvalue weighted by molar-refractivity contribution is 5.94. The van der Waals surface area contributed by atoms with Gasteiger partial charge in [-0.05, 0) is 58.5 Å². The quantitative estimate of drug-likeness (QED) is 0.832. The third kappa shape index (κ3) is 3.51. The molecule has 24 heavy (non-hydrogen) atoms. The van der Waals surface area contributed by atoms with Crippen molar-refractivity contribution >= 4 is 5.91 Å². The van der Waals surface area contributed by atoms with Crippen molar-refractivity contribution < 1.29 is 4.79 Å². The number of aryl methyl sites for hydroxylation is 1. The van der Waals surface area contributed by atoms with Crippen LogP contribution in [0.25, 0.3) is 0 Å². The molecule has 1 aromatic rings. The van der Waals surface area contributed by atoms with Gasteiger partial charge in [-0.2, -0.15) is 5.10 Å². The molecule has 1 atom stereocenters. The number of nitrogens with zero attached hydrogens (tertiary/aromatic N) is 4. The molecule has 1 unspecified atom stereocenters. The number of carbonyl (C=O) groups is 1. The smallest absolute Gasteiger partial charge is 0.274 e. The lowest BCUT2D eigenvalue weighted by Gasteiger charge is -2.32. The molecule has 3 rings (SSSR count). The topological polar surface area (TPSA) is 41.4 Å². The predicted octanol–water partition coefficient (Wildman–Crippen LogP) is 2.64. The highest BCUT2D eigenvalue weighted by Crippen LogP contribution is 2.28. The van der Waals surface area contributed by atoms with Gasteiger partial charge in [-0.3, -0.25) is 9.48 Å². The molecule has 0 aromatic carbocycles. The largest absolute Gasteiger partial charge is 0.337 e. The van der Waals surface area contributed by atoms with Crippen molar-refractivity contribution in [3.8, 4) is 0 Å². The second-order valence-corrected chi connectivity index (χ2v) is 7.48. The predicted molar refractivity (Wildman–Crippen MR) is 96.3 cm³/mol. The molecule has 134 valence electrons. The van der Waals surface area contributed by atoms with E-state index >= 15 is 0 Å². The summed E-state index contributed by atoms with van der Waals surface area (Å²) in [5, 5.41) is 4.63. The minimum Gasteiger partial charge on any atom is -0.337 e. The van der Waals surface area contributed by atoms with E-state index in [0.29, 0.717) is 6.04 Å². The minimum atomic E-state index is 0.156. The Labute approximate surface area is 146 Å². The summed E-state index contributed by atoms with van der Waals surface area (Å²) in [6.45, 7) is 5.17. The summed E-state index contributed by atoms with van der Waals surface area (Å²) in [5.74, 6) is 0.156. The lowest BCUT2D eigenvalue weighted by molar-refractivity contribution is 0.0715. The number of amides is 1. The minimum absolute atomic E-state index is 0.156. The Kier molecular flexibility index (Phi) is 5.59. The van der Waals surface area contributed by atoms with Gasteiger partial charge >= 0.3 is 0 Å². The summed E-state index contributed by atoms with van der Waals surface area (Å²) in [5.41, 5.74) is 3.21. The van der Waals surface area contributed by atoms with Crippen LogP contribution in [0.4, 0.5) is 0 Å². The van der Waals surface area contributed by atoms with Gasteiger partial charge in [-0.15, -0.1) is 0 Å². The number of hydrogen-bond donors (Lipinski definition) is 0. The second-order valence-electron chi connectivity index (χ2n) is 7.48. The average Bonchev–Trinajstić information content (AvgIpc) is 2.96. The summed E-state index contributed by atoms with van der Waals surface area (Å²) in [6, 6.07) is 0.543. The summed E-state index contributed by atoms with van der Waals surface area (Å²) in [6.07, 6.45) is 9.15. The molecule has 5 nitrogen and oxygen atoms in total. The van der Waals surface area contributed by atoms with Gasteiger partial charge in [-0.25, -0.2) is 0 Å². The molecule has 2 heterocycles. The molecule has 1 fully saturated rings. The van der Waals surface area contributed by atoms with Crippen LogP contribution in [-0.2, 0) is 19.9 Å². The zero-order valence-electron chi connectivity index (χ0n) is 15.6. The van der Waals surface area contributed by atoms with Crippen LogP contribution in [-0.4, -0.2) is 58.2 Å². The maximum atomic E-state index is 13.0. The van der Waals surface area contributed by atoms with Crippen LogP contribution in [0.3, 0.4) is 0 Å². The lowest BCUT2D eigenvalue weighted by atomic mass is 9.90. The first kappa shape index (κ1) is 17.5. The van der Waals surface area contributed by atoms with Crippen molar-refractivity contribution in [2.75, 3.05) is 26.7 Å². The van der Waals surface area contributed by atoms with E-state index in [2.05, 4.69) is 24.0 Å². The summed E-state index contributed by atoms with van der Waals surface area (Å²) in [7, 11) is 4.22. The van der Waals surface area contributed by atoms with E-state index in [1.807, 2.05) is 16.6 Å². The summed E-state index contributed by atoms with van der Waals surface area (Å²) < 4.78 is 1.95. The molecule has 1 aromatic heterocycles. The molecule has 1 amide bonds. The fourth-order valence-corrected chi connectivity index (χ4v) is 4.16. The molecule has 0 spiro atoms. The lowest BCUT2D eigenvalue weighted by Crippen LogP contribution is -2.39. The van der Waals surface area contributed by atoms with Crippen molar-refractivity contribution in [3.63, 3.8) is 0 Å². The number of likely N-dealkylation sites (tertiary alicyclic amines) is 1. The van der Waals surface area contributed by atoms with Gasteiger partial charge in [0.2, 0.25) is 0 Å². The van der Waals surface area contributed by atoms with Gasteiger partial charge in [0.1, 0.15) is 0 Å². The number of carbonyl (C=O) groups excluding carboxylic acids is 1. The average molecular weight is 332 g/mol. The Balaban J connectivity index is 1.77. The van der Waals surface area contributed by atoms with Crippen molar-refractivity contribution in [2.24, 2.45) is 7.05 Å². The number of unbranched alkanes of at least 4 members (excludes halogenated alkanes) is 1. The van der Waals surface area contributed by atoms with Crippen LogP contribution in [0.15, 0.2) is 0 Å². The van der Waals surface area contributed by atoms with E-state index in [0.717, 1.165) is 51.0 Å². The Morgan fingerprint density at radius 1 is 1.29 bits per heavy atom. The highest BCUT2D eigenvalue weighted by atomic mass is 16.2. The van der Waals surface area contributed by atoms with E-state index < -0.39 is 0 Å². The number of piperidine rings is 1. The van der Waals surface area contributed by atoms with Crippen LogP contribution in [0.1, 0.15) is 67.2 Å². The fraction of sp³-hybridized carbons (Fsp3) is 0.789.